The monoisotopic (exact) mass is 456 g/mol. The van der Waals surface area contributed by atoms with E-state index >= 15 is 0 Å². The molecular weight excluding hydrogens is 441 g/mol. The molecule has 26 heavy (non-hydrogen) atoms. The van der Waals surface area contributed by atoms with E-state index in [9.17, 15) is 33.6 Å². The van der Waals surface area contributed by atoms with Crippen molar-refractivity contribution in [2.45, 2.75) is 0 Å². The Labute approximate surface area is 154 Å². The second-order valence-electron chi connectivity index (χ2n) is 5.33. The lowest BCUT2D eigenvalue weighted by Crippen LogP contribution is -2.64. The van der Waals surface area contributed by atoms with E-state index in [2.05, 4.69) is 0 Å². The Morgan fingerprint density at radius 2 is 1.00 bits per heavy atom. The first-order chi connectivity index (χ1) is 11.6. The number of thiophene rings is 1. The Morgan fingerprint density at radius 1 is 0.538 bits per heavy atom. The van der Waals surface area contributed by atoms with E-state index in [1.54, 1.807) is 0 Å². The highest BCUT2D eigenvalue weighted by Crippen LogP contribution is 2.10. The Balaban J connectivity index is 2.25. The Hall–Kier alpha value is -0.652. The summed E-state index contributed by atoms with van der Waals surface area (Å²) in [5.74, 6) is 0. The smallest absolute Gasteiger partial charge is 0.387 e. The highest BCUT2D eigenvalue weighted by Gasteiger charge is 2.50. The van der Waals surface area contributed by atoms with Crippen LogP contribution in [0.4, 0.5) is 0 Å². The van der Waals surface area contributed by atoms with E-state index in [0.717, 1.165) is 36.4 Å². The molecule has 0 amide bonds. The molecule has 1 heterocycles. The minimum Gasteiger partial charge on any atom is -0.387 e. The molecule has 0 aliphatic carbocycles. The maximum atomic E-state index is 10.1. The van der Waals surface area contributed by atoms with Crippen molar-refractivity contribution in [1.29, 1.82) is 0 Å². The van der Waals surface area contributed by atoms with E-state index in [1.165, 1.54) is 0 Å². The van der Waals surface area contributed by atoms with E-state index in [1.807, 2.05) is 0 Å². The molecule has 0 spiro atoms. The Bertz CT molecular complexity index is 765. The quantitative estimate of drug-likeness (QED) is 0.184. The average molecular weight is 457 g/mol. The first kappa shape index (κ1) is 21.6. The third kappa shape index (κ3) is 4.99. The second kappa shape index (κ2) is 7.06. The zero-order valence-corrected chi connectivity index (χ0v) is 17.6. The lowest BCUT2D eigenvalue weighted by atomic mass is 10.4. The molecule has 0 saturated carbocycles. The van der Waals surface area contributed by atoms with Gasteiger partial charge in [-0.3, -0.25) is 0 Å². The molecule has 0 fully saturated rings. The summed E-state index contributed by atoms with van der Waals surface area (Å²) in [4.78, 5) is 95.5. The van der Waals surface area contributed by atoms with E-state index in [4.69, 9.17) is 18.5 Å². The minimum atomic E-state index is -4.88. The van der Waals surface area contributed by atoms with Crippen molar-refractivity contribution in [1.82, 2.24) is 0 Å². The second-order valence-corrected chi connectivity index (χ2v) is 15.2. The predicted molar refractivity (Wildman–Crippen MR) is 95.6 cm³/mol. The van der Waals surface area contributed by atoms with Gasteiger partial charge in [0.25, 0.3) is 0 Å². The van der Waals surface area contributed by atoms with Crippen LogP contribution in [0.2, 0.25) is 0 Å². The summed E-state index contributed by atoms with van der Waals surface area (Å²) in [6.45, 7) is 0. The van der Waals surface area contributed by atoms with Crippen LogP contribution in [-0.2, 0) is 4.12 Å². The van der Waals surface area contributed by atoms with Crippen LogP contribution in [0.3, 0.4) is 0 Å². The number of hydrogen-bond donors (Lipinski definition) is 10. The fraction of sp³-hybridized carbons (Fsp3) is 0. The summed E-state index contributed by atoms with van der Waals surface area (Å²) >= 11 is 0.443. The van der Waals surface area contributed by atoms with E-state index in [0.29, 0.717) is 11.3 Å². The molecule has 16 heteroatoms. The van der Waals surface area contributed by atoms with Crippen molar-refractivity contribution in [3.05, 3.63) is 36.4 Å². The maximum Gasteiger partial charge on any atom is 0.539 e. The zero-order chi connectivity index (χ0) is 20.0. The summed E-state index contributed by atoms with van der Waals surface area (Å²) in [6, 6.07) is 6.16. The van der Waals surface area contributed by atoms with E-state index < -0.39 is 35.2 Å². The van der Waals surface area contributed by atoms with Gasteiger partial charge < -0.3 is 52.1 Å². The maximum absolute atomic E-state index is 10.1. The normalized spacial score (nSPS) is 13.9. The molecule has 10 N–H and O–H groups in total. The van der Waals surface area contributed by atoms with Gasteiger partial charge >= 0.3 is 35.2 Å². The molecule has 1 aromatic heterocycles. The highest BCUT2D eigenvalue weighted by molar-refractivity contribution is 7.32. The first-order valence-electron chi connectivity index (χ1n) is 6.78. The van der Waals surface area contributed by atoms with Gasteiger partial charge in [-0.05, 0) is 12.1 Å². The average Bonchev–Trinajstić information content (AvgIpc) is 2.96. The summed E-state index contributed by atoms with van der Waals surface area (Å²) < 4.78 is 4.13. The van der Waals surface area contributed by atoms with E-state index in [-0.39, 0.29) is 19.4 Å². The summed E-state index contributed by atoms with van der Waals surface area (Å²) in [5, 5.41) is -0.507. The van der Waals surface area contributed by atoms with Gasteiger partial charge in [-0.2, -0.15) is 0 Å². The Kier molecular flexibility index (Phi) is 5.88. The molecule has 0 aliphatic heterocycles. The molecular formula is C10H16O11SSi4. The molecule has 11 nitrogen and oxygen atoms in total. The van der Waals surface area contributed by atoms with Crippen LogP contribution in [0.15, 0.2) is 36.4 Å². The molecule has 0 atom stereocenters. The summed E-state index contributed by atoms with van der Waals surface area (Å²) in [7, 11) is -19.0. The largest absolute Gasteiger partial charge is 0.539 e. The molecule has 144 valence electrons. The molecule has 2 aromatic rings. The van der Waals surface area contributed by atoms with Crippen molar-refractivity contribution >= 4 is 65.9 Å². The van der Waals surface area contributed by atoms with Crippen LogP contribution in [-0.4, -0.2) is 83.2 Å². The van der Waals surface area contributed by atoms with Crippen LogP contribution in [0.25, 0.3) is 0 Å². The van der Waals surface area contributed by atoms with Gasteiger partial charge in [-0.15, -0.1) is 11.3 Å². The van der Waals surface area contributed by atoms with Crippen LogP contribution in [0.1, 0.15) is 0 Å². The summed E-state index contributed by atoms with van der Waals surface area (Å²) in [6.07, 6.45) is 0. The van der Waals surface area contributed by atoms with Crippen LogP contribution in [0, 0.1) is 0 Å². The van der Waals surface area contributed by atoms with Crippen molar-refractivity contribution in [3.8, 4) is 0 Å². The minimum absolute atomic E-state index is 0.236. The van der Waals surface area contributed by atoms with Gasteiger partial charge in [-0.1, -0.05) is 24.3 Å². The van der Waals surface area contributed by atoms with Crippen molar-refractivity contribution < 1.29 is 52.1 Å². The lowest BCUT2D eigenvalue weighted by molar-refractivity contribution is 0.179. The molecule has 0 aliphatic rings. The van der Waals surface area contributed by atoms with Crippen LogP contribution < -0.4 is 19.4 Å². The predicted octanol–water partition coefficient (Wildman–Crippen LogP) is -7.03. The lowest BCUT2D eigenvalue weighted by Gasteiger charge is -2.25. The number of benzene rings is 1. The van der Waals surface area contributed by atoms with Gasteiger partial charge in [0.1, 0.15) is 0 Å². The molecule has 0 bridgehead atoms. The first-order valence-corrected chi connectivity index (χ1v) is 14.9. The topological polar surface area (TPSA) is 212 Å². The van der Waals surface area contributed by atoms with Crippen molar-refractivity contribution in [3.63, 3.8) is 0 Å². The summed E-state index contributed by atoms with van der Waals surface area (Å²) in [5.41, 5.74) is 0. The molecule has 1 aromatic carbocycles. The SMILES string of the molecule is O[Si](O)(O)c1ccc([Si](O)(O)O[Si](O)(O)c2ccc([Si](O)(O)O)s2)cc1. The molecule has 2 rings (SSSR count). The number of hydrogen-bond acceptors (Lipinski definition) is 12. The van der Waals surface area contributed by atoms with Gasteiger partial charge in [0.15, 0.2) is 0 Å². The number of rotatable bonds is 6. The Morgan fingerprint density at radius 3 is 1.42 bits per heavy atom. The third-order valence-corrected chi connectivity index (χ3v) is 12.2. The van der Waals surface area contributed by atoms with Gasteiger partial charge in [0.2, 0.25) is 0 Å². The van der Waals surface area contributed by atoms with Crippen LogP contribution >= 0.6 is 11.3 Å². The third-order valence-electron chi connectivity index (χ3n) is 3.19. The van der Waals surface area contributed by atoms with Gasteiger partial charge in [-0.25, -0.2) is 0 Å². The highest BCUT2D eigenvalue weighted by atomic mass is 32.1. The fourth-order valence-electron chi connectivity index (χ4n) is 1.91. The molecule has 0 radical (unpaired) electrons. The van der Waals surface area contributed by atoms with Crippen molar-refractivity contribution in [2.24, 2.45) is 0 Å². The van der Waals surface area contributed by atoms with Gasteiger partial charge in [0, 0.05) is 10.4 Å². The standard InChI is InChI=1S/C10H16O11SSi4/c11-23(12,13)7-1-3-8(4-2-7)25(17,18)21-26(19,20)10-6-5-9(22-10)24(14,15)16/h1-6,11-20H. The van der Waals surface area contributed by atoms with Crippen LogP contribution in [0.5, 0.6) is 0 Å². The fourth-order valence-corrected chi connectivity index (χ4v) is 9.12. The van der Waals surface area contributed by atoms with Gasteiger partial charge in [0.05, 0.1) is 9.00 Å². The molecule has 0 saturated heterocycles. The zero-order valence-electron chi connectivity index (χ0n) is 12.8. The van der Waals surface area contributed by atoms with Crippen molar-refractivity contribution in [2.75, 3.05) is 0 Å². The molecule has 0 unspecified atom stereocenters.